The molecule has 0 unspecified atom stereocenters. The molecule has 2 aromatic carbocycles. The maximum absolute atomic E-state index is 5.99. The SMILES string of the molecule is Nc1nc2ccccc2nc1N=Cc1ccc(CN2CCCCC2)cc1. The molecule has 0 bridgehead atoms. The van der Waals surface area contributed by atoms with Gasteiger partial charge in [0.05, 0.1) is 11.0 Å². The summed E-state index contributed by atoms with van der Waals surface area (Å²) in [6.07, 6.45) is 5.80. The van der Waals surface area contributed by atoms with Gasteiger partial charge in [-0.2, -0.15) is 0 Å². The summed E-state index contributed by atoms with van der Waals surface area (Å²) in [5, 5.41) is 0. The first-order valence-corrected chi connectivity index (χ1v) is 9.15. The molecule has 0 aliphatic carbocycles. The molecule has 132 valence electrons. The van der Waals surface area contributed by atoms with Crippen LogP contribution in [0.5, 0.6) is 0 Å². The van der Waals surface area contributed by atoms with Gasteiger partial charge in [0.25, 0.3) is 0 Å². The normalized spacial score (nSPS) is 15.7. The minimum Gasteiger partial charge on any atom is -0.381 e. The first-order chi connectivity index (χ1) is 12.8. The average Bonchev–Trinajstić information content (AvgIpc) is 2.68. The fourth-order valence-corrected chi connectivity index (χ4v) is 3.32. The molecule has 0 spiro atoms. The number of nitrogens with zero attached hydrogens (tertiary/aromatic N) is 4. The van der Waals surface area contributed by atoms with Gasteiger partial charge >= 0.3 is 0 Å². The van der Waals surface area contributed by atoms with Crippen LogP contribution in [0.1, 0.15) is 30.4 Å². The van der Waals surface area contributed by atoms with E-state index in [1.807, 2.05) is 24.3 Å². The number of hydrogen-bond acceptors (Lipinski definition) is 5. The lowest BCUT2D eigenvalue weighted by Gasteiger charge is -2.26. The minimum absolute atomic E-state index is 0.349. The lowest BCUT2D eigenvalue weighted by atomic mass is 10.1. The first kappa shape index (κ1) is 16.7. The van der Waals surface area contributed by atoms with Crippen molar-refractivity contribution in [2.45, 2.75) is 25.8 Å². The molecule has 1 saturated heterocycles. The van der Waals surface area contributed by atoms with E-state index in [-0.39, 0.29) is 0 Å². The standard InChI is InChI=1S/C21H23N5/c22-20-21(25-19-7-3-2-6-18(19)24-20)23-14-16-8-10-17(11-9-16)15-26-12-4-1-5-13-26/h2-3,6-11,14H,1,4-5,12-13,15H2,(H2,22,24). The fraction of sp³-hybridized carbons (Fsp3) is 0.286. The molecule has 1 fully saturated rings. The topological polar surface area (TPSA) is 67.4 Å². The maximum atomic E-state index is 5.99. The molecule has 5 heteroatoms. The van der Waals surface area contributed by atoms with Crippen molar-refractivity contribution in [3.63, 3.8) is 0 Å². The number of nitrogen functional groups attached to an aromatic ring is 1. The van der Waals surface area contributed by atoms with E-state index in [0.29, 0.717) is 11.6 Å². The number of rotatable bonds is 4. The van der Waals surface area contributed by atoms with Gasteiger partial charge in [-0.05, 0) is 49.2 Å². The largest absolute Gasteiger partial charge is 0.381 e. The summed E-state index contributed by atoms with van der Waals surface area (Å²) in [6.45, 7) is 3.45. The van der Waals surface area contributed by atoms with Crippen LogP contribution < -0.4 is 5.73 Å². The fourth-order valence-electron chi connectivity index (χ4n) is 3.32. The second-order valence-corrected chi connectivity index (χ2v) is 6.76. The second-order valence-electron chi connectivity index (χ2n) is 6.76. The zero-order chi connectivity index (χ0) is 17.8. The van der Waals surface area contributed by atoms with Gasteiger partial charge in [0.2, 0.25) is 0 Å². The molecule has 5 nitrogen and oxygen atoms in total. The molecule has 0 amide bonds. The molecule has 2 N–H and O–H groups in total. The number of fused-ring (bicyclic) bond motifs is 1. The van der Waals surface area contributed by atoms with Crippen LogP contribution in [0.3, 0.4) is 0 Å². The van der Waals surface area contributed by atoms with Crippen molar-refractivity contribution in [3.05, 3.63) is 59.7 Å². The van der Waals surface area contributed by atoms with Crippen molar-refractivity contribution in [3.8, 4) is 0 Å². The summed E-state index contributed by atoms with van der Waals surface area (Å²) in [6, 6.07) is 16.2. The van der Waals surface area contributed by atoms with Crippen molar-refractivity contribution in [1.82, 2.24) is 14.9 Å². The second kappa shape index (κ2) is 7.62. The molecular weight excluding hydrogens is 322 g/mol. The van der Waals surface area contributed by atoms with E-state index >= 15 is 0 Å². The predicted octanol–water partition coefficient (Wildman–Crippen LogP) is 3.95. The van der Waals surface area contributed by atoms with E-state index < -0.39 is 0 Å². The summed E-state index contributed by atoms with van der Waals surface area (Å²) < 4.78 is 0. The number of piperidine rings is 1. The first-order valence-electron chi connectivity index (χ1n) is 9.15. The van der Waals surface area contributed by atoms with Crippen LogP contribution >= 0.6 is 0 Å². The number of aliphatic imine (C=N–C) groups is 1. The summed E-state index contributed by atoms with van der Waals surface area (Å²) in [5.41, 5.74) is 9.94. The highest BCUT2D eigenvalue weighted by Crippen LogP contribution is 2.21. The van der Waals surface area contributed by atoms with Crippen LogP contribution in [-0.4, -0.2) is 34.2 Å². The highest BCUT2D eigenvalue weighted by molar-refractivity contribution is 5.84. The van der Waals surface area contributed by atoms with E-state index in [1.165, 1.54) is 37.9 Å². The van der Waals surface area contributed by atoms with Crippen LogP contribution in [0.2, 0.25) is 0 Å². The predicted molar refractivity (Wildman–Crippen MR) is 107 cm³/mol. The van der Waals surface area contributed by atoms with E-state index in [1.54, 1.807) is 6.21 Å². The molecule has 1 aliphatic heterocycles. The molecule has 2 heterocycles. The highest BCUT2D eigenvalue weighted by atomic mass is 15.1. The van der Waals surface area contributed by atoms with Crippen molar-refractivity contribution in [2.75, 3.05) is 18.8 Å². The molecule has 3 aromatic rings. The molecule has 0 saturated carbocycles. The minimum atomic E-state index is 0.349. The zero-order valence-electron chi connectivity index (χ0n) is 14.8. The zero-order valence-corrected chi connectivity index (χ0v) is 14.8. The third-order valence-corrected chi connectivity index (χ3v) is 4.75. The highest BCUT2D eigenvalue weighted by Gasteiger charge is 2.10. The van der Waals surface area contributed by atoms with Crippen LogP contribution in [-0.2, 0) is 6.54 Å². The van der Waals surface area contributed by atoms with E-state index in [2.05, 4.69) is 44.1 Å². The third kappa shape index (κ3) is 3.89. The number of aromatic nitrogens is 2. The Morgan fingerprint density at radius 3 is 2.35 bits per heavy atom. The summed E-state index contributed by atoms with van der Waals surface area (Å²) in [4.78, 5) is 15.8. The number of hydrogen-bond donors (Lipinski definition) is 1. The average molecular weight is 345 g/mol. The third-order valence-electron chi connectivity index (χ3n) is 4.75. The van der Waals surface area contributed by atoms with Gasteiger partial charge in [-0.15, -0.1) is 0 Å². The Morgan fingerprint density at radius 1 is 0.923 bits per heavy atom. The Morgan fingerprint density at radius 2 is 1.62 bits per heavy atom. The van der Waals surface area contributed by atoms with Gasteiger partial charge in [0.1, 0.15) is 0 Å². The number of likely N-dealkylation sites (tertiary alicyclic amines) is 1. The number of anilines is 1. The van der Waals surface area contributed by atoms with E-state index in [9.17, 15) is 0 Å². The van der Waals surface area contributed by atoms with Crippen LogP contribution in [0.4, 0.5) is 11.6 Å². The van der Waals surface area contributed by atoms with Crippen molar-refractivity contribution >= 4 is 28.9 Å². The van der Waals surface area contributed by atoms with Gasteiger partial charge in [-0.25, -0.2) is 15.0 Å². The Kier molecular flexibility index (Phi) is 4.88. The summed E-state index contributed by atoms with van der Waals surface area (Å²) >= 11 is 0. The number of nitrogens with two attached hydrogens (primary N) is 1. The monoisotopic (exact) mass is 345 g/mol. The number of para-hydroxylation sites is 2. The van der Waals surface area contributed by atoms with Gasteiger partial charge < -0.3 is 5.73 Å². The van der Waals surface area contributed by atoms with Crippen LogP contribution in [0.25, 0.3) is 11.0 Å². The Labute approximate surface area is 153 Å². The van der Waals surface area contributed by atoms with Crippen molar-refractivity contribution in [2.24, 2.45) is 4.99 Å². The van der Waals surface area contributed by atoms with Crippen LogP contribution in [0.15, 0.2) is 53.5 Å². The van der Waals surface area contributed by atoms with Gasteiger partial charge in [0.15, 0.2) is 11.6 Å². The van der Waals surface area contributed by atoms with E-state index in [0.717, 1.165) is 23.1 Å². The van der Waals surface area contributed by atoms with Crippen LogP contribution in [0, 0.1) is 0 Å². The van der Waals surface area contributed by atoms with Gasteiger partial charge in [0, 0.05) is 12.8 Å². The summed E-state index contributed by atoms with van der Waals surface area (Å²) in [7, 11) is 0. The molecular formula is C21H23N5. The Hall–Kier alpha value is -2.79. The van der Waals surface area contributed by atoms with Gasteiger partial charge in [-0.1, -0.05) is 42.8 Å². The Bertz CT molecular complexity index is 911. The molecule has 26 heavy (non-hydrogen) atoms. The smallest absolute Gasteiger partial charge is 0.195 e. The molecule has 1 aromatic heterocycles. The quantitative estimate of drug-likeness (QED) is 0.727. The molecule has 4 rings (SSSR count). The van der Waals surface area contributed by atoms with E-state index in [4.69, 9.17) is 5.73 Å². The maximum Gasteiger partial charge on any atom is 0.195 e. The Balaban J connectivity index is 1.47. The van der Waals surface area contributed by atoms with Crippen molar-refractivity contribution in [1.29, 1.82) is 0 Å². The summed E-state index contributed by atoms with van der Waals surface area (Å²) in [5.74, 6) is 0.808. The van der Waals surface area contributed by atoms with Gasteiger partial charge in [-0.3, -0.25) is 4.90 Å². The lowest BCUT2D eigenvalue weighted by molar-refractivity contribution is 0.221. The molecule has 0 atom stereocenters. The van der Waals surface area contributed by atoms with Crippen molar-refractivity contribution < 1.29 is 0 Å². The number of benzene rings is 2. The lowest BCUT2D eigenvalue weighted by Crippen LogP contribution is -2.29. The molecule has 1 aliphatic rings. The molecule has 0 radical (unpaired) electrons.